The molecule has 0 amide bonds. The molecular weight excluding hydrogens is 336 g/mol. The molecule has 0 saturated heterocycles. The number of rotatable bonds is 2. The van der Waals surface area contributed by atoms with E-state index in [1.165, 1.54) is 4.57 Å². The van der Waals surface area contributed by atoms with Crippen molar-refractivity contribution in [3.8, 4) is 0 Å². The Morgan fingerprint density at radius 1 is 1.24 bits per heavy atom. The number of aromatic nitrogens is 4. The first-order chi connectivity index (χ1) is 10.0. The van der Waals surface area contributed by atoms with Gasteiger partial charge in [-0.2, -0.15) is 0 Å². The Morgan fingerprint density at radius 2 is 1.90 bits per heavy atom. The molecule has 0 spiro atoms. The van der Waals surface area contributed by atoms with Gasteiger partial charge in [0.05, 0.1) is 6.04 Å². The minimum Gasteiger partial charge on any atom is -0.305 e. The summed E-state index contributed by atoms with van der Waals surface area (Å²) in [4.78, 5) is 30.4. The van der Waals surface area contributed by atoms with Crippen LogP contribution in [0.1, 0.15) is 18.5 Å². The van der Waals surface area contributed by atoms with E-state index in [2.05, 4.69) is 25.9 Å². The molecule has 0 fully saturated rings. The summed E-state index contributed by atoms with van der Waals surface area (Å²) in [6.45, 7) is 1.98. The third-order valence-corrected chi connectivity index (χ3v) is 4.14. The molecule has 1 N–H and O–H groups in total. The van der Waals surface area contributed by atoms with Crippen LogP contribution in [0.4, 0.5) is 0 Å². The smallest absolute Gasteiger partial charge is 0.305 e. The number of fused-ring (bicyclic) bond motifs is 1. The monoisotopic (exact) mass is 348 g/mol. The van der Waals surface area contributed by atoms with Crippen LogP contribution in [0.5, 0.6) is 0 Å². The largest absolute Gasteiger partial charge is 0.329 e. The summed E-state index contributed by atoms with van der Waals surface area (Å²) in [5.74, 6) is 0. The van der Waals surface area contributed by atoms with Crippen LogP contribution in [0.3, 0.4) is 0 Å². The highest BCUT2D eigenvalue weighted by Crippen LogP contribution is 2.26. The van der Waals surface area contributed by atoms with Gasteiger partial charge < -0.3 is 4.57 Å². The molecule has 0 radical (unpaired) electrons. The van der Waals surface area contributed by atoms with Crippen molar-refractivity contribution in [1.82, 2.24) is 19.1 Å². The molecule has 0 aliphatic carbocycles. The molecule has 3 aromatic rings. The van der Waals surface area contributed by atoms with Gasteiger partial charge in [0.15, 0.2) is 15.9 Å². The van der Waals surface area contributed by atoms with Gasteiger partial charge in [-0.3, -0.25) is 14.3 Å². The minimum atomic E-state index is -0.475. The zero-order valence-electron chi connectivity index (χ0n) is 11.5. The lowest BCUT2D eigenvalue weighted by Gasteiger charge is -2.15. The number of hydrogen-bond donors (Lipinski definition) is 1. The Balaban J connectivity index is 2.34. The van der Waals surface area contributed by atoms with Gasteiger partial charge in [-0.05, 0) is 28.4 Å². The molecule has 0 aliphatic rings. The fourth-order valence-electron chi connectivity index (χ4n) is 2.41. The first-order valence-electron chi connectivity index (χ1n) is 6.42. The maximum absolute atomic E-state index is 12.2. The summed E-state index contributed by atoms with van der Waals surface area (Å²) in [5.41, 5.74) is 0.871. The molecule has 3 rings (SSSR count). The van der Waals surface area contributed by atoms with Crippen molar-refractivity contribution >= 4 is 27.1 Å². The van der Waals surface area contributed by atoms with Crippen LogP contribution in [0.2, 0.25) is 0 Å². The second-order valence-corrected chi connectivity index (χ2v) is 5.54. The minimum absolute atomic E-state index is 0.0934. The van der Waals surface area contributed by atoms with Crippen molar-refractivity contribution in [3.05, 3.63) is 61.5 Å². The topological polar surface area (TPSA) is 72.7 Å². The molecule has 21 heavy (non-hydrogen) atoms. The van der Waals surface area contributed by atoms with Crippen molar-refractivity contribution in [2.45, 2.75) is 13.0 Å². The predicted octanol–water partition coefficient (Wildman–Crippen LogP) is 1.80. The number of benzene rings is 1. The molecule has 1 atom stereocenters. The van der Waals surface area contributed by atoms with Gasteiger partial charge in [0.25, 0.3) is 5.56 Å². The number of nitrogens with one attached hydrogen (secondary N) is 1. The molecule has 0 aliphatic heterocycles. The fourth-order valence-corrected chi connectivity index (χ4v) is 3.06. The number of aromatic amines is 1. The Kier molecular flexibility index (Phi) is 3.29. The average Bonchev–Trinajstić information content (AvgIpc) is 2.83. The lowest BCUT2D eigenvalue weighted by molar-refractivity contribution is 0.640. The molecule has 0 bridgehead atoms. The van der Waals surface area contributed by atoms with Crippen LogP contribution in [0.25, 0.3) is 11.2 Å². The van der Waals surface area contributed by atoms with Gasteiger partial charge in [-0.1, -0.05) is 30.3 Å². The first kappa shape index (κ1) is 13.8. The van der Waals surface area contributed by atoms with E-state index in [0.29, 0.717) is 15.9 Å². The van der Waals surface area contributed by atoms with Gasteiger partial charge in [-0.25, -0.2) is 9.78 Å². The lowest BCUT2D eigenvalue weighted by atomic mass is 10.1. The number of halogens is 1. The molecule has 2 heterocycles. The molecular formula is C14H13BrN4O2. The fraction of sp³-hybridized carbons (Fsp3) is 0.214. The van der Waals surface area contributed by atoms with Gasteiger partial charge in [0.2, 0.25) is 0 Å². The third-order valence-electron chi connectivity index (χ3n) is 3.58. The van der Waals surface area contributed by atoms with E-state index < -0.39 is 11.2 Å². The average molecular weight is 349 g/mol. The molecule has 0 saturated carbocycles. The number of imidazole rings is 1. The first-order valence-corrected chi connectivity index (χ1v) is 7.21. The molecule has 0 unspecified atom stereocenters. The highest BCUT2D eigenvalue weighted by atomic mass is 79.9. The second-order valence-electron chi connectivity index (χ2n) is 4.83. The lowest BCUT2D eigenvalue weighted by Crippen LogP contribution is -2.29. The van der Waals surface area contributed by atoms with E-state index in [4.69, 9.17) is 0 Å². The maximum atomic E-state index is 12.2. The summed E-state index contributed by atoms with van der Waals surface area (Å²) in [5, 5.41) is 0. The molecule has 2 aromatic heterocycles. The van der Waals surface area contributed by atoms with Crippen molar-refractivity contribution in [1.29, 1.82) is 0 Å². The molecule has 7 heteroatoms. The van der Waals surface area contributed by atoms with Crippen molar-refractivity contribution in [2.24, 2.45) is 7.05 Å². The van der Waals surface area contributed by atoms with Crippen LogP contribution in [0, 0.1) is 0 Å². The van der Waals surface area contributed by atoms with E-state index in [0.717, 1.165) is 5.56 Å². The van der Waals surface area contributed by atoms with Crippen molar-refractivity contribution < 1.29 is 0 Å². The molecule has 108 valence electrons. The predicted molar refractivity (Wildman–Crippen MR) is 83.5 cm³/mol. The number of hydrogen-bond acceptors (Lipinski definition) is 3. The van der Waals surface area contributed by atoms with Crippen molar-refractivity contribution in [3.63, 3.8) is 0 Å². The van der Waals surface area contributed by atoms with Crippen LogP contribution < -0.4 is 11.2 Å². The van der Waals surface area contributed by atoms with Gasteiger partial charge in [0.1, 0.15) is 0 Å². The third kappa shape index (κ3) is 2.13. The second kappa shape index (κ2) is 5.00. The summed E-state index contributed by atoms with van der Waals surface area (Å²) in [6.07, 6.45) is 0. The summed E-state index contributed by atoms with van der Waals surface area (Å²) in [6, 6.07) is 9.70. The molecule has 1 aromatic carbocycles. The Labute approximate surface area is 128 Å². The SMILES string of the molecule is C[C@@H](c1ccccc1)n1c(Br)nc2c1c(=O)[nH]c(=O)n2C. The quantitative estimate of drug-likeness (QED) is 0.717. The van der Waals surface area contributed by atoms with Crippen molar-refractivity contribution in [2.75, 3.05) is 0 Å². The Bertz CT molecular complexity index is 924. The van der Waals surface area contributed by atoms with E-state index in [-0.39, 0.29) is 6.04 Å². The zero-order valence-corrected chi connectivity index (χ0v) is 13.1. The maximum Gasteiger partial charge on any atom is 0.329 e. The normalized spacial score (nSPS) is 12.7. The highest BCUT2D eigenvalue weighted by molar-refractivity contribution is 9.10. The summed E-state index contributed by atoms with van der Waals surface area (Å²) >= 11 is 3.38. The van der Waals surface area contributed by atoms with Gasteiger partial charge in [0, 0.05) is 7.05 Å². The Hall–Kier alpha value is -2.15. The van der Waals surface area contributed by atoms with E-state index >= 15 is 0 Å². The van der Waals surface area contributed by atoms with Gasteiger partial charge in [-0.15, -0.1) is 0 Å². The number of H-pyrrole nitrogens is 1. The van der Waals surface area contributed by atoms with E-state index in [9.17, 15) is 9.59 Å². The zero-order chi connectivity index (χ0) is 15.1. The highest BCUT2D eigenvalue weighted by Gasteiger charge is 2.20. The number of aryl methyl sites for hydroxylation is 1. The van der Waals surface area contributed by atoms with Crippen LogP contribution >= 0.6 is 15.9 Å². The molecule has 6 nitrogen and oxygen atoms in total. The van der Waals surface area contributed by atoms with Crippen LogP contribution in [-0.4, -0.2) is 19.1 Å². The number of nitrogens with zero attached hydrogens (tertiary/aromatic N) is 3. The Morgan fingerprint density at radius 3 is 2.57 bits per heavy atom. The van der Waals surface area contributed by atoms with E-state index in [1.54, 1.807) is 11.6 Å². The van der Waals surface area contributed by atoms with Crippen LogP contribution in [0.15, 0.2) is 44.7 Å². The standard InChI is InChI=1S/C14H13BrN4O2/c1-8(9-6-4-3-5-7-9)19-10-11(16-13(19)15)18(2)14(21)17-12(10)20/h3-8H,1-2H3,(H,17,20,21)/t8-/m0/s1. The summed E-state index contributed by atoms with van der Waals surface area (Å²) in [7, 11) is 1.58. The summed E-state index contributed by atoms with van der Waals surface area (Å²) < 4.78 is 3.62. The van der Waals surface area contributed by atoms with E-state index in [1.807, 2.05) is 37.3 Å². The van der Waals surface area contributed by atoms with Crippen LogP contribution in [-0.2, 0) is 7.05 Å². The van der Waals surface area contributed by atoms with Gasteiger partial charge >= 0.3 is 5.69 Å².